The van der Waals surface area contributed by atoms with E-state index in [1.165, 1.54) is 0 Å². The molecule has 2 fully saturated rings. The molecule has 1 amide bonds. The van der Waals surface area contributed by atoms with Crippen molar-refractivity contribution >= 4 is 17.5 Å². The molecule has 4 unspecified atom stereocenters. The number of hydrogen-bond donors (Lipinski definition) is 1. The van der Waals surface area contributed by atoms with Crippen LogP contribution in [0.2, 0.25) is 0 Å². The van der Waals surface area contributed by atoms with E-state index in [0.29, 0.717) is 19.6 Å². The minimum atomic E-state index is -1.00. The van der Waals surface area contributed by atoms with Gasteiger partial charge in [0.2, 0.25) is 5.91 Å². The van der Waals surface area contributed by atoms with E-state index in [2.05, 4.69) is 5.32 Å². The largest absolute Gasteiger partial charge is 0.378 e. The summed E-state index contributed by atoms with van der Waals surface area (Å²) in [5.74, 6) is -0.244. The summed E-state index contributed by atoms with van der Waals surface area (Å²) in [6.07, 6.45) is -0.682. The maximum atomic E-state index is 12.9. The first-order valence-corrected chi connectivity index (χ1v) is 5.14. The molecule has 0 aromatic rings. The fourth-order valence-electron chi connectivity index (χ4n) is 1.54. The Hall–Kier alpha value is -0.350. The summed E-state index contributed by atoms with van der Waals surface area (Å²) in [7, 11) is 0. The fraction of sp³-hybridized carbons (Fsp3) is 0.889. The average Bonchev–Trinajstić information content (AvgIpc) is 2.55. The molecule has 2 aliphatic rings. The van der Waals surface area contributed by atoms with Gasteiger partial charge in [0, 0.05) is 0 Å². The lowest BCUT2D eigenvalue weighted by atomic mass is 10.1. The minimum Gasteiger partial charge on any atom is -0.378 e. The van der Waals surface area contributed by atoms with Gasteiger partial charge in [-0.3, -0.25) is 4.79 Å². The van der Waals surface area contributed by atoms with Crippen molar-refractivity contribution < 1.29 is 13.9 Å². The molecule has 14 heavy (non-hydrogen) atoms. The number of nitrogens with one attached hydrogen (secondary N) is 1. The van der Waals surface area contributed by atoms with Gasteiger partial charge in [-0.15, -0.1) is 11.6 Å². The van der Waals surface area contributed by atoms with Crippen LogP contribution in [0.4, 0.5) is 4.39 Å². The molecule has 1 saturated carbocycles. The van der Waals surface area contributed by atoms with Crippen molar-refractivity contribution in [2.45, 2.75) is 30.9 Å². The number of halogens is 2. The van der Waals surface area contributed by atoms with Crippen molar-refractivity contribution in [2.24, 2.45) is 5.41 Å². The highest BCUT2D eigenvalue weighted by molar-refractivity contribution is 6.21. The van der Waals surface area contributed by atoms with Gasteiger partial charge >= 0.3 is 0 Å². The highest BCUT2D eigenvalue weighted by Crippen LogP contribution is 2.48. The Morgan fingerprint density at radius 1 is 1.64 bits per heavy atom. The second-order valence-electron chi connectivity index (χ2n) is 4.22. The van der Waals surface area contributed by atoms with Gasteiger partial charge in [-0.25, -0.2) is 4.39 Å². The number of ether oxygens (including phenoxy) is 1. The lowest BCUT2D eigenvalue weighted by molar-refractivity contribution is -0.127. The van der Waals surface area contributed by atoms with Crippen molar-refractivity contribution in [3.8, 4) is 0 Å². The van der Waals surface area contributed by atoms with Crippen molar-refractivity contribution in [2.75, 3.05) is 13.2 Å². The topological polar surface area (TPSA) is 38.3 Å². The number of rotatable bonds is 2. The second kappa shape index (κ2) is 3.35. The van der Waals surface area contributed by atoms with Crippen LogP contribution < -0.4 is 5.32 Å². The molecular weight excluding hydrogens is 209 g/mol. The Labute approximate surface area is 86.9 Å². The summed E-state index contributed by atoms with van der Waals surface area (Å²) in [4.78, 5) is 11.6. The molecule has 2 rings (SSSR count). The molecule has 0 aromatic carbocycles. The summed E-state index contributed by atoms with van der Waals surface area (Å²) < 4.78 is 17.9. The Morgan fingerprint density at radius 2 is 2.29 bits per heavy atom. The minimum absolute atomic E-state index is 0.172. The molecule has 1 N–H and O–H groups in total. The molecule has 0 aromatic heterocycles. The maximum Gasteiger partial charge on any atom is 0.229 e. The van der Waals surface area contributed by atoms with E-state index >= 15 is 0 Å². The summed E-state index contributed by atoms with van der Waals surface area (Å²) in [5.41, 5.74) is -0.820. The number of amides is 1. The van der Waals surface area contributed by atoms with Crippen LogP contribution in [0.15, 0.2) is 0 Å². The first-order valence-electron chi connectivity index (χ1n) is 4.71. The van der Waals surface area contributed by atoms with E-state index in [4.69, 9.17) is 16.3 Å². The average molecular weight is 222 g/mol. The molecule has 1 aliphatic heterocycles. The molecule has 0 spiro atoms. The highest BCUT2D eigenvalue weighted by Gasteiger charge is 2.57. The normalized spacial score (nSPS) is 46.4. The Morgan fingerprint density at radius 3 is 2.71 bits per heavy atom. The molecule has 1 saturated heterocycles. The van der Waals surface area contributed by atoms with E-state index in [0.717, 1.165) is 0 Å². The van der Waals surface area contributed by atoms with Gasteiger partial charge in [0.25, 0.3) is 0 Å². The lowest BCUT2D eigenvalue weighted by Crippen LogP contribution is -2.44. The molecule has 1 aliphatic carbocycles. The summed E-state index contributed by atoms with van der Waals surface area (Å²) in [6, 6.07) is -0.172. The lowest BCUT2D eigenvalue weighted by Gasteiger charge is -2.16. The van der Waals surface area contributed by atoms with E-state index in [1.54, 1.807) is 6.92 Å². The van der Waals surface area contributed by atoms with Crippen molar-refractivity contribution in [1.29, 1.82) is 0 Å². The summed E-state index contributed by atoms with van der Waals surface area (Å²) >= 11 is 5.90. The van der Waals surface area contributed by atoms with Crippen LogP contribution in [0.25, 0.3) is 0 Å². The van der Waals surface area contributed by atoms with E-state index in [-0.39, 0.29) is 17.3 Å². The van der Waals surface area contributed by atoms with E-state index in [1.807, 2.05) is 0 Å². The quantitative estimate of drug-likeness (QED) is 0.703. The van der Waals surface area contributed by atoms with Crippen LogP contribution in [0.5, 0.6) is 0 Å². The molecule has 0 bridgehead atoms. The van der Waals surface area contributed by atoms with Gasteiger partial charge in [0.1, 0.15) is 6.17 Å². The highest BCUT2D eigenvalue weighted by atomic mass is 35.5. The Bertz CT molecular complexity index is 263. The van der Waals surface area contributed by atoms with Crippen LogP contribution in [-0.4, -0.2) is 36.7 Å². The second-order valence-corrected chi connectivity index (χ2v) is 4.78. The smallest absolute Gasteiger partial charge is 0.229 e. The first kappa shape index (κ1) is 10.2. The van der Waals surface area contributed by atoms with Gasteiger partial charge in [-0.1, -0.05) is 0 Å². The zero-order valence-electron chi connectivity index (χ0n) is 7.93. The number of carbonyl (C=O) groups excluding carboxylic acids is 1. The third-order valence-electron chi connectivity index (χ3n) is 2.98. The SMILES string of the molecule is CC1(C(=O)NC2COCC2Cl)CC1F. The standard InChI is InChI=1S/C9H13ClFNO2/c1-9(2-7(9)11)8(13)12-6-4-14-3-5(6)10/h5-7H,2-4H2,1H3,(H,12,13). The van der Waals surface area contributed by atoms with E-state index < -0.39 is 11.6 Å². The van der Waals surface area contributed by atoms with Crippen molar-refractivity contribution in [3.63, 3.8) is 0 Å². The molecule has 1 heterocycles. The van der Waals surface area contributed by atoms with Crippen molar-refractivity contribution in [3.05, 3.63) is 0 Å². The van der Waals surface area contributed by atoms with Crippen LogP contribution in [0.3, 0.4) is 0 Å². The molecule has 3 nitrogen and oxygen atoms in total. The van der Waals surface area contributed by atoms with Crippen molar-refractivity contribution in [1.82, 2.24) is 5.32 Å². The number of hydrogen-bond acceptors (Lipinski definition) is 2. The van der Waals surface area contributed by atoms with Crippen LogP contribution in [-0.2, 0) is 9.53 Å². The van der Waals surface area contributed by atoms with Gasteiger partial charge in [-0.2, -0.15) is 0 Å². The third-order valence-corrected chi connectivity index (χ3v) is 3.41. The summed E-state index contributed by atoms with van der Waals surface area (Å²) in [5, 5.41) is 2.53. The van der Waals surface area contributed by atoms with Crippen LogP contribution in [0, 0.1) is 5.41 Å². The van der Waals surface area contributed by atoms with Gasteiger partial charge in [-0.05, 0) is 13.3 Å². The van der Waals surface area contributed by atoms with Crippen LogP contribution in [0.1, 0.15) is 13.3 Å². The maximum absolute atomic E-state index is 12.9. The first-order chi connectivity index (χ1) is 6.54. The van der Waals surface area contributed by atoms with Gasteiger partial charge in [0.15, 0.2) is 0 Å². The predicted molar refractivity (Wildman–Crippen MR) is 50.0 cm³/mol. The predicted octanol–water partition coefficient (Wildman–Crippen LogP) is 0.857. The Balaban J connectivity index is 1.89. The zero-order valence-corrected chi connectivity index (χ0v) is 8.68. The molecular formula is C9H13ClFNO2. The molecule has 4 atom stereocenters. The molecule has 5 heteroatoms. The van der Waals surface area contributed by atoms with E-state index in [9.17, 15) is 9.18 Å². The number of alkyl halides is 2. The molecule has 0 radical (unpaired) electrons. The zero-order chi connectivity index (χ0) is 10.3. The Kier molecular flexibility index (Phi) is 2.43. The third kappa shape index (κ3) is 1.61. The fourth-order valence-corrected chi connectivity index (χ4v) is 1.77. The van der Waals surface area contributed by atoms with Gasteiger partial charge in [0.05, 0.1) is 30.0 Å². The summed E-state index contributed by atoms with van der Waals surface area (Å²) in [6.45, 7) is 2.50. The molecule has 80 valence electrons. The van der Waals surface area contributed by atoms with Gasteiger partial charge < -0.3 is 10.1 Å². The number of carbonyl (C=O) groups is 1. The van der Waals surface area contributed by atoms with Crippen LogP contribution >= 0.6 is 11.6 Å². The monoisotopic (exact) mass is 221 g/mol.